The third kappa shape index (κ3) is 2.20. The van der Waals surface area contributed by atoms with Gasteiger partial charge in [0.05, 0.1) is 6.61 Å². The summed E-state index contributed by atoms with van der Waals surface area (Å²) in [5, 5.41) is 15.1. The summed E-state index contributed by atoms with van der Waals surface area (Å²) in [6.07, 6.45) is 1.18. The molecule has 0 bridgehead atoms. The second kappa shape index (κ2) is 4.33. The molecule has 1 aliphatic rings. The number of H-pyrrole nitrogens is 1. The van der Waals surface area contributed by atoms with Gasteiger partial charge in [0.2, 0.25) is 0 Å². The third-order valence-electron chi connectivity index (χ3n) is 2.69. The van der Waals surface area contributed by atoms with Gasteiger partial charge in [0, 0.05) is 5.69 Å². The van der Waals surface area contributed by atoms with Crippen molar-refractivity contribution in [2.24, 2.45) is 0 Å². The summed E-state index contributed by atoms with van der Waals surface area (Å²) in [5.41, 5.74) is 1.69. The highest BCUT2D eigenvalue weighted by atomic mass is 32.2. The molecule has 3 N–H and O–H groups in total. The number of fused-ring (bicyclic) bond motifs is 1. The Kier molecular flexibility index (Phi) is 2.77. The van der Waals surface area contributed by atoms with E-state index in [1.807, 2.05) is 0 Å². The summed E-state index contributed by atoms with van der Waals surface area (Å²) in [6, 6.07) is 4.81. The number of anilines is 1. The summed E-state index contributed by atoms with van der Waals surface area (Å²) in [6.45, 7) is 0.310. The van der Waals surface area contributed by atoms with E-state index in [0.717, 1.165) is 5.56 Å². The lowest BCUT2D eigenvalue weighted by molar-refractivity contribution is 0.275. The number of aromatic amines is 1. The summed E-state index contributed by atoms with van der Waals surface area (Å²) < 4.78 is 31.1. The monoisotopic (exact) mass is 280 g/mol. The zero-order chi connectivity index (χ0) is 13.5. The van der Waals surface area contributed by atoms with Gasteiger partial charge in [0.1, 0.15) is 6.33 Å². The van der Waals surface area contributed by atoms with Crippen molar-refractivity contribution in [2.45, 2.75) is 11.8 Å². The first-order valence-corrected chi connectivity index (χ1v) is 6.86. The van der Waals surface area contributed by atoms with Crippen LogP contribution in [0, 0.1) is 0 Å². The number of aromatic nitrogens is 3. The van der Waals surface area contributed by atoms with Crippen LogP contribution >= 0.6 is 0 Å². The molecule has 1 aromatic carbocycles. The largest absolute Gasteiger partial charge is 0.491 e. The number of nitrogens with zero attached hydrogens (tertiary/aromatic N) is 2. The first-order chi connectivity index (χ1) is 9.06. The predicted molar refractivity (Wildman–Crippen MR) is 66.0 cm³/mol. The van der Waals surface area contributed by atoms with Gasteiger partial charge in [0.25, 0.3) is 15.2 Å². The second-order valence-electron chi connectivity index (χ2n) is 3.96. The van der Waals surface area contributed by atoms with E-state index in [9.17, 15) is 13.4 Å². The first-order valence-electron chi connectivity index (χ1n) is 5.37. The van der Waals surface area contributed by atoms with Crippen molar-refractivity contribution < 1.29 is 18.1 Å². The van der Waals surface area contributed by atoms with Crippen molar-refractivity contribution in [1.29, 1.82) is 0 Å². The number of sulfonamides is 1. The molecule has 0 amide bonds. The third-order valence-corrected chi connectivity index (χ3v) is 3.88. The van der Waals surface area contributed by atoms with Crippen LogP contribution in [0.1, 0.15) is 5.56 Å². The van der Waals surface area contributed by atoms with Crippen LogP contribution in [0.25, 0.3) is 0 Å². The van der Waals surface area contributed by atoms with E-state index in [1.165, 1.54) is 12.4 Å². The molecule has 1 aliphatic heterocycles. The van der Waals surface area contributed by atoms with Crippen LogP contribution in [0.3, 0.4) is 0 Å². The van der Waals surface area contributed by atoms with Crippen molar-refractivity contribution >= 4 is 28.3 Å². The fourth-order valence-corrected chi connectivity index (χ4v) is 2.70. The molecule has 0 fully saturated rings. The lowest BCUT2D eigenvalue weighted by Crippen LogP contribution is -2.28. The Morgan fingerprint density at radius 1 is 1.47 bits per heavy atom. The van der Waals surface area contributed by atoms with Crippen molar-refractivity contribution in [3.63, 3.8) is 0 Å². The van der Waals surface area contributed by atoms with Gasteiger partial charge in [-0.1, -0.05) is 6.07 Å². The summed E-state index contributed by atoms with van der Waals surface area (Å²) in [4.78, 5) is 3.58. The van der Waals surface area contributed by atoms with Crippen LogP contribution in [0.2, 0.25) is 0 Å². The fourth-order valence-electron chi connectivity index (χ4n) is 1.81. The number of nitrogens with one attached hydrogen (secondary N) is 2. The van der Waals surface area contributed by atoms with E-state index in [2.05, 4.69) is 19.9 Å². The summed E-state index contributed by atoms with van der Waals surface area (Å²) >= 11 is 0. The number of hydrogen-bond acceptors (Lipinski definition) is 6. The van der Waals surface area contributed by atoms with Crippen molar-refractivity contribution in [3.05, 3.63) is 30.1 Å². The Morgan fingerprint density at radius 2 is 2.32 bits per heavy atom. The van der Waals surface area contributed by atoms with E-state index < -0.39 is 17.1 Å². The average molecular weight is 280 g/mol. The number of benzene rings is 1. The van der Waals surface area contributed by atoms with Gasteiger partial charge in [-0.05, 0) is 23.2 Å². The van der Waals surface area contributed by atoms with Gasteiger partial charge in [-0.25, -0.2) is 4.98 Å². The molecular weight excluding hydrogens is 271 g/mol. The minimum absolute atomic E-state index is 0.310. The van der Waals surface area contributed by atoms with Crippen molar-refractivity contribution in [2.75, 3.05) is 4.72 Å². The zero-order valence-corrected chi connectivity index (χ0v) is 10.4. The molecule has 3 rings (SSSR count). The zero-order valence-electron chi connectivity index (χ0n) is 9.57. The van der Waals surface area contributed by atoms with Crippen molar-refractivity contribution in [1.82, 2.24) is 15.2 Å². The maximum Gasteiger partial charge on any atom is 0.491 e. The quantitative estimate of drug-likeness (QED) is 0.609. The standard InChI is InChI=1S/C9H9BN4O4S/c15-10-8-3-7(2-1-6(8)4-18-10)14-19(16,17)9-11-5-12-13-9/h1-3,5,14-15H,4H2,(H,11,12,13). The van der Waals surface area contributed by atoms with Crippen LogP contribution in [0.15, 0.2) is 29.7 Å². The Bertz CT molecular complexity index is 703. The fraction of sp³-hybridized carbons (Fsp3) is 0.111. The minimum atomic E-state index is -3.83. The highest BCUT2D eigenvalue weighted by Gasteiger charge is 2.28. The molecule has 0 atom stereocenters. The van der Waals surface area contributed by atoms with Gasteiger partial charge in [-0.15, -0.1) is 5.10 Å². The lowest BCUT2D eigenvalue weighted by atomic mass is 9.79. The van der Waals surface area contributed by atoms with Crippen LogP contribution in [-0.4, -0.2) is 35.7 Å². The Balaban J connectivity index is 1.91. The van der Waals surface area contributed by atoms with Crippen LogP contribution in [-0.2, 0) is 21.3 Å². The summed E-state index contributed by atoms with van der Waals surface area (Å²) in [7, 11) is -4.86. The predicted octanol–water partition coefficient (Wildman–Crippen LogP) is -1.18. The molecule has 0 unspecified atom stereocenters. The highest BCUT2D eigenvalue weighted by Crippen LogP contribution is 2.16. The molecule has 2 aromatic rings. The molecule has 0 saturated heterocycles. The van der Waals surface area contributed by atoms with Gasteiger partial charge < -0.3 is 9.68 Å². The molecule has 2 heterocycles. The van der Waals surface area contributed by atoms with E-state index in [-0.39, 0.29) is 5.16 Å². The molecule has 0 radical (unpaired) electrons. The number of hydrogen-bond donors (Lipinski definition) is 3. The lowest BCUT2D eigenvalue weighted by Gasteiger charge is -2.06. The minimum Gasteiger partial charge on any atom is -0.423 e. The molecule has 0 aliphatic carbocycles. The second-order valence-corrected chi connectivity index (χ2v) is 5.54. The Labute approximate surface area is 109 Å². The topological polar surface area (TPSA) is 117 Å². The molecule has 1 aromatic heterocycles. The molecule has 0 saturated carbocycles. The smallest absolute Gasteiger partial charge is 0.423 e. The maximum atomic E-state index is 11.9. The van der Waals surface area contributed by atoms with Gasteiger partial charge in [-0.3, -0.25) is 9.82 Å². The SMILES string of the molecule is O=S(=O)(Nc1ccc2c(c1)B(O)OC2)c1nc[nH]n1. The van der Waals surface area contributed by atoms with Crippen LogP contribution in [0.5, 0.6) is 0 Å². The molecule has 8 nitrogen and oxygen atoms in total. The molecular formula is C9H9BN4O4S. The van der Waals surface area contributed by atoms with E-state index in [1.54, 1.807) is 12.1 Å². The average Bonchev–Trinajstić information content (AvgIpc) is 3.00. The van der Waals surface area contributed by atoms with E-state index in [0.29, 0.717) is 17.8 Å². The Morgan fingerprint density at radius 3 is 3.05 bits per heavy atom. The molecule has 10 heteroatoms. The normalized spacial score (nSPS) is 14.5. The molecule has 19 heavy (non-hydrogen) atoms. The first kappa shape index (κ1) is 12.1. The highest BCUT2D eigenvalue weighted by molar-refractivity contribution is 7.92. The van der Waals surface area contributed by atoms with Crippen molar-refractivity contribution in [3.8, 4) is 0 Å². The molecule has 98 valence electrons. The van der Waals surface area contributed by atoms with Gasteiger partial charge in [0.15, 0.2) is 0 Å². The van der Waals surface area contributed by atoms with Gasteiger partial charge >= 0.3 is 7.12 Å². The van der Waals surface area contributed by atoms with Crippen LogP contribution < -0.4 is 10.2 Å². The molecule has 0 spiro atoms. The number of rotatable bonds is 3. The summed E-state index contributed by atoms with van der Waals surface area (Å²) in [5.74, 6) is 0. The van der Waals surface area contributed by atoms with E-state index in [4.69, 9.17) is 4.65 Å². The van der Waals surface area contributed by atoms with Crippen LogP contribution in [0.4, 0.5) is 5.69 Å². The Hall–Kier alpha value is -1.91. The van der Waals surface area contributed by atoms with E-state index >= 15 is 0 Å². The van der Waals surface area contributed by atoms with Gasteiger partial charge in [-0.2, -0.15) is 8.42 Å². The maximum absolute atomic E-state index is 11.9.